The molecule has 0 radical (unpaired) electrons. The van der Waals surface area contributed by atoms with Crippen LogP contribution in [-0.2, 0) is 5.41 Å². The first-order chi connectivity index (χ1) is 35.0. The first-order valence-corrected chi connectivity index (χ1v) is 26.1. The topological polar surface area (TPSA) is 0 Å². The van der Waals surface area contributed by atoms with Crippen molar-refractivity contribution < 1.29 is 0 Å². The Morgan fingerprint density at radius 1 is 0.458 bits per heavy atom. The van der Waals surface area contributed by atoms with Crippen LogP contribution in [0.4, 0.5) is 0 Å². The van der Waals surface area contributed by atoms with Crippen molar-refractivity contribution in [3.63, 3.8) is 0 Å². The van der Waals surface area contributed by atoms with Gasteiger partial charge in [-0.15, -0.1) is 0 Å². The summed E-state index contributed by atoms with van der Waals surface area (Å²) in [5, 5.41) is 2.59. The summed E-state index contributed by atoms with van der Waals surface area (Å²) in [6.45, 7) is 19.7. The van der Waals surface area contributed by atoms with Crippen LogP contribution in [0.2, 0.25) is 0 Å². The van der Waals surface area contributed by atoms with Gasteiger partial charge in [0.15, 0.2) is 0 Å². The summed E-state index contributed by atoms with van der Waals surface area (Å²) in [5.74, 6) is 1.31. The summed E-state index contributed by atoms with van der Waals surface area (Å²) in [6, 6.07) is 80.6. The molecule has 0 bridgehead atoms. The smallest absolute Gasteiger partial charge is 0.0713 e. The zero-order valence-corrected chi connectivity index (χ0v) is 44.2. The molecule has 0 amide bonds. The Kier molecular flexibility index (Phi) is 18.5. The third-order valence-electron chi connectivity index (χ3n) is 14.2. The van der Waals surface area contributed by atoms with E-state index in [1.807, 2.05) is 18.2 Å². The van der Waals surface area contributed by atoms with Crippen molar-refractivity contribution in [1.82, 2.24) is 0 Å². The van der Waals surface area contributed by atoms with E-state index in [9.17, 15) is 0 Å². The maximum absolute atomic E-state index is 2.37. The molecule has 0 heterocycles. The molecule has 0 fully saturated rings. The van der Waals surface area contributed by atoms with Gasteiger partial charge in [0.25, 0.3) is 0 Å². The van der Waals surface area contributed by atoms with E-state index in [1.165, 1.54) is 107 Å². The predicted octanol–water partition coefficient (Wildman–Crippen LogP) is 20.3. The second-order valence-electron chi connectivity index (χ2n) is 19.6. The molecule has 10 rings (SSSR count). The molecule has 9 aromatic carbocycles. The normalized spacial score (nSPS) is 12.9. The summed E-state index contributed by atoms with van der Waals surface area (Å²) >= 11 is 0. The van der Waals surface area contributed by atoms with Gasteiger partial charge in [-0.25, -0.2) is 0 Å². The maximum Gasteiger partial charge on any atom is 0.0713 e. The van der Waals surface area contributed by atoms with Gasteiger partial charge < -0.3 is 0 Å². The Labute approximate surface area is 433 Å². The van der Waals surface area contributed by atoms with Crippen LogP contribution >= 0.6 is 0 Å². The molecule has 0 heteroatoms. The van der Waals surface area contributed by atoms with Crippen molar-refractivity contribution in [2.75, 3.05) is 0 Å². The van der Waals surface area contributed by atoms with E-state index in [0.717, 1.165) is 0 Å². The highest BCUT2D eigenvalue weighted by Crippen LogP contribution is 2.56. The van der Waals surface area contributed by atoms with Crippen molar-refractivity contribution in [3.05, 3.63) is 309 Å². The summed E-state index contributed by atoms with van der Waals surface area (Å²) in [6.07, 6.45) is 11.3. The van der Waals surface area contributed by atoms with E-state index in [0.29, 0.717) is 11.8 Å². The van der Waals surface area contributed by atoms with Gasteiger partial charge in [-0.3, -0.25) is 0 Å². The van der Waals surface area contributed by atoms with Gasteiger partial charge in [0.1, 0.15) is 0 Å². The van der Waals surface area contributed by atoms with Crippen molar-refractivity contribution >= 4 is 22.4 Å². The van der Waals surface area contributed by atoms with Crippen LogP contribution in [0.1, 0.15) is 127 Å². The number of aryl methyl sites for hydroxylation is 3. The van der Waals surface area contributed by atoms with E-state index >= 15 is 0 Å². The fraction of sp³-hybridized carbons (Fsp3) is 0.194. The highest BCUT2D eigenvalue weighted by molar-refractivity contribution is 5.94. The van der Waals surface area contributed by atoms with Crippen LogP contribution in [0.25, 0.3) is 33.5 Å². The van der Waals surface area contributed by atoms with E-state index < -0.39 is 0 Å². The zero-order chi connectivity index (χ0) is 50.9. The monoisotopic (exact) mass is 939 g/mol. The van der Waals surface area contributed by atoms with Gasteiger partial charge >= 0.3 is 0 Å². The van der Waals surface area contributed by atoms with E-state index in [1.54, 1.807) is 0 Å². The Balaban J connectivity index is 0.000000160. The number of allylic oxidation sites excluding steroid dienone is 5. The zero-order valence-electron chi connectivity index (χ0n) is 44.2. The molecule has 362 valence electrons. The van der Waals surface area contributed by atoms with Crippen molar-refractivity contribution in [3.8, 4) is 11.1 Å². The highest BCUT2D eigenvalue weighted by Gasteiger charge is 2.45. The van der Waals surface area contributed by atoms with Crippen LogP contribution in [0.5, 0.6) is 0 Å². The lowest BCUT2D eigenvalue weighted by molar-refractivity contribution is 0.733. The minimum Gasteiger partial charge on any atom is -0.0764 e. The minimum atomic E-state index is -0.263. The lowest BCUT2D eigenvalue weighted by Gasteiger charge is -2.34. The third kappa shape index (κ3) is 12.7. The molecule has 1 aliphatic carbocycles. The lowest BCUT2D eigenvalue weighted by Crippen LogP contribution is -2.28. The second kappa shape index (κ2) is 25.5. The predicted molar refractivity (Wildman–Crippen MR) is 315 cm³/mol. The molecule has 9 aromatic rings. The van der Waals surface area contributed by atoms with Gasteiger partial charge in [-0.2, -0.15) is 0 Å². The molecule has 0 N–H and O–H groups in total. The fourth-order valence-corrected chi connectivity index (χ4v) is 9.65. The minimum absolute atomic E-state index is 0.263. The Hall–Kier alpha value is -7.54. The summed E-state index contributed by atoms with van der Waals surface area (Å²) in [4.78, 5) is 0. The van der Waals surface area contributed by atoms with Crippen LogP contribution in [-0.4, -0.2) is 0 Å². The second-order valence-corrected chi connectivity index (χ2v) is 19.6. The van der Waals surface area contributed by atoms with Crippen LogP contribution in [0, 0.1) is 20.8 Å². The molecule has 0 nitrogen and oxygen atoms in total. The van der Waals surface area contributed by atoms with Gasteiger partial charge in [0, 0.05) is 0 Å². The highest BCUT2D eigenvalue weighted by atomic mass is 14.5. The third-order valence-corrected chi connectivity index (χ3v) is 14.2. The first-order valence-electron chi connectivity index (χ1n) is 26.1. The van der Waals surface area contributed by atoms with Crippen molar-refractivity contribution in [2.24, 2.45) is 0 Å². The van der Waals surface area contributed by atoms with Gasteiger partial charge in [-0.1, -0.05) is 293 Å². The number of fused-ring (bicyclic) bond motifs is 4. The maximum atomic E-state index is 2.37. The summed E-state index contributed by atoms with van der Waals surface area (Å²) in [7, 11) is 0. The Morgan fingerprint density at radius 2 is 0.972 bits per heavy atom. The molecule has 0 aliphatic heterocycles. The van der Waals surface area contributed by atoms with Crippen LogP contribution in [0.15, 0.2) is 248 Å². The summed E-state index contributed by atoms with van der Waals surface area (Å²) < 4.78 is 0. The quantitative estimate of drug-likeness (QED) is 0.120. The molecule has 1 aliphatic rings. The molecule has 0 saturated carbocycles. The van der Waals surface area contributed by atoms with Gasteiger partial charge in [-0.05, 0) is 137 Å². The van der Waals surface area contributed by atoms with Gasteiger partial charge in [0.2, 0.25) is 0 Å². The largest absolute Gasteiger partial charge is 0.0764 e. The Morgan fingerprint density at radius 3 is 1.54 bits per heavy atom. The number of hydrogen-bond acceptors (Lipinski definition) is 0. The number of hydrogen-bond donors (Lipinski definition) is 0. The van der Waals surface area contributed by atoms with E-state index in [-0.39, 0.29) is 5.41 Å². The fourth-order valence-electron chi connectivity index (χ4n) is 9.65. The first kappa shape index (κ1) is 52.3. The SMILES string of the molecule is CCC(C)c1ccc(C(/C=C/c2c(C)ccc3ccccc23)=C/C=C(C)C)cc1.CCC(C)c1ccccc1.Cc1ccc2c(c1)C(c1ccccc1)(c1ccccc1)c1ccccc1-2.Cc1ccccc1. The lowest BCUT2D eigenvalue weighted by atomic mass is 9.67. The molecule has 0 saturated heterocycles. The molecule has 0 aromatic heterocycles. The molecule has 0 spiro atoms. The number of benzene rings is 9. The molecule has 2 atom stereocenters. The van der Waals surface area contributed by atoms with Crippen molar-refractivity contribution in [1.29, 1.82) is 0 Å². The Bertz CT molecular complexity index is 3140. The molecular formula is C72H74. The average Bonchev–Trinajstić information content (AvgIpc) is 3.72. The summed E-state index contributed by atoms with van der Waals surface area (Å²) in [5.41, 5.74) is 19.7. The molecule has 72 heavy (non-hydrogen) atoms. The molecule has 2 unspecified atom stereocenters. The van der Waals surface area contributed by atoms with Crippen LogP contribution in [0.3, 0.4) is 0 Å². The van der Waals surface area contributed by atoms with Crippen LogP contribution < -0.4 is 0 Å². The molecular weight excluding hydrogens is 865 g/mol. The standard InChI is InChI=1S/C29H32.C26H20.C10H14.C7H8/c1-6-22(4)24-15-17-26(18-16-24)25(13-11-21(2)3)19-20-28-23(5)12-14-27-9-7-8-10-29(27)28;1-19-16-17-23-22-14-8-9-15-24(22)26(25(23)18-19,20-10-4-2-5-11-20)21-12-6-3-7-13-21;1-3-9(2)10-7-5-4-6-8-10;1-7-5-3-2-4-6-7/h7-20,22H,6H2,1-5H3;2-18H,1H3;4-9H,3H2,1-2H3;2-6H,1H3/b20-19+,25-13+;;;. The average molecular weight is 939 g/mol. The van der Waals surface area contributed by atoms with Gasteiger partial charge in [0.05, 0.1) is 5.41 Å². The van der Waals surface area contributed by atoms with Crippen molar-refractivity contribution in [2.45, 2.75) is 92.4 Å². The van der Waals surface area contributed by atoms with E-state index in [2.05, 4.69) is 293 Å². The number of rotatable bonds is 10. The van der Waals surface area contributed by atoms with E-state index in [4.69, 9.17) is 0 Å².